The average Bonchev–Trinajstić information content (AvgIpc) is 3.19. The van der Waals surface area contributed by atoms with Crippen LogP contribution in [-0.4, -0.2) is 49.3 Å². The SMILES string of the molecule is CCS(=O)(=O)[C@H]1[C@H](c2ccc(OC)cc2)[C@@]1(CO)C(=O)O. The van der Waals surface area contributed by atoms with Crippen molar-refractivity contribution >= 4 is 15.8 Å². The van der Waals surface area contributed by atoms with Crippen molar-refractivity contribution in [2.24, 2.45) is 5.41 Å². The third-order valence-corrected chi connectivity index (χ3v) is 6.45. The minimum atomic E-state index is -3.57. The highest BCUT2D eigenvalue weighted by molar-refractivity contribution is 7.92. The maximum Gasteiger partial charge on any atom is 0.314 e. The molecule has 21 heavy (non-hydrogen) atoms. The van der Waals surface area contributed by atoms with Gasteiger partial charge in [0.05, 0.1) is 19.0 Å². The van der Waals surface area contributed by atoms with Crippen LogP contribution in [0.2, 0.25) is 0 Å². The molecule has 0 radical (unpaired) electrons. The van der Waals surface area contributed by atoms with Crippen molar-refractivity contribution in [3.8, 4) is 5.75 Å². The smallest absolute Gasteiger partial charge is 0.314 e. The summed E-state index contributed by atoms with van der Waals surface area (Å²) >= 11 is 0. The van der Waals surface area contributed by atoms with Gasteiger partial charge in [-0.2, -0.15) is 0 Å². The van der Waals surface area contributed by atoms with Crippen LogP contribution < -0.4 is 4.74 Å². The van der Waals surface area contributed by atoms with Crippen LogP contribution in [0.5, 0.6) is 5.75 Å². The van der Waals surface area contributed by atoms with Crippen molar-refractivity contribution in [2.75, 3.05) is 19.5 Å². The van der Waals surface area contributed by atoms with Crippen LogP contribution in [0.25, 0.3) is 0 Å². The molecule has 116 valence electrons. The third kappa shape index (κ3) is 2.30. The van der Waals surface area contributed by atoms with E-state index in [9.17, 15) is 23.4 Å². The van der Waals surface area contributed by atoms with Gasteiger partial charge in [0.15, 0.2) is 9.84 Å². The molecule has 2 N–H and O–H groups in total. The molecule has 0 amide bonds. The van der Waals surface area contributed by atoms with Gasteiger partial charge in [-0.25, -0.2) is 8.42 Å². The van der Waals surface area contributed by atoms with Crippen molar-refractivity contribution in [1.82, 2.24) is 0 Å². The van der Waals surface area contributed by atoms with Gasteiger partial charge in [-0.15, -0.1) is 0 Å². The summed E-state index contributed by atoms with van der Waals surface area (Å²) < 4.78 is 29.3. The fourth-order valence-electron chi connectivity index (χ4n) is 2.91. The minimum Gasteiger partial charge on any atom is -0.497 e. The number of methoxy groups -OCH3 is 1. The van der Waals surface area contributed by atoms with E-state index in [0.717, 1.165) is 0 Å². The van der Waals surface area contributed by atoms with E-state index < -0.39 is 39.0 Å². The zero-order valence-corrected chi connectivity index (χ0v) is 12.6. The number of aliphatic carboxylic acids is 1. The van der Waals surface area contributed by atoms with Gasteiger partial charge in [-0.3, -0.25) is 4.79 Å². The number of aliphatic hydroxyl groups excluding tert-OH is 1. The van der Waals surface area contributed by atoms with Crippen molar-refractivity contribution < 1.29 is 28.2 Å². The van der Waals surface area contributed by atoms with Gasteiger partial charge in [0, 0.05) is 11.7 Å². The number of aliphatic hydroxyl groups is 1. The lowest BCUT2D eigenvalue weighted by molar-refractivity contribution is -0.145. The Morgan fingerprint density at radius 1 is 1.33 bits per heavy atom. The molecule has 0 spiro atoms. The number of benzene rings is 1. The van der Waals surface area contributed by atoms with Gasteiger partial charge in [0.1, 0.15) is 11.2 Å². The molecule has 1 aliphatic carbocycles. The second kappa shape index (κ2) is 5.31. The topological polar surface area (TPSA) is 101 Å². The van der Waals surface area contributed by atoms with Gasteiger partial charge in [0.2, 0.25) is 0 Å². The van der Waals surface area contributed by atoms with E-state index in [1.807, 2.05) is 0 Å². The van der Waals surface area contributed by atoms with Crippen LogP contribution in [0.4, 0.5) is 0 Å². The second-order valence-corrected chi connectivity index (χ2v) is 7.54. The molecule has 0 aliphatic heterocycles. The van der Waals surface area contributed by atoms with E-state index >= 15 is 0 Å². The molecule has 0 saturated heterocycles. The van der Waals surface area contributed by atoms with E-state index in [1.165, 1.54) is 14.0 Å². The second-order valence-electron chi connectivity index (χ2n) is 5.13. The van der Waals surface area contributed by atoms with Gasteiger partial charge in [-0.05, 0) is 17.7 Å². The van der Waals surface area contributed by atoms with Gasteiger partial charge in [-0.1, -0.05) is 19.1 Å². The molecule has 0 heterocycles. The summed E-state index contributed by atoms with van der Waals surface area (Å²) in [5.41, 5.74) is -1.07. The van der Waals surface area contributed by atoms with Crippen LogP contribution in [0, 0.1) is 5.41 Å². The number of carboxylic acids is 1. The predicted molar refractivity (Wildman–Crippen MR) is 76.1 cm³/mol. The lowest BCUT2D eigenvalue weighted by atomic mass is 10.00. The van der Waals surface area contributed by atoms with Crippen molar-refractivity contribution in [1.29, 1.82) is 0 Å². The molecule has 1 fully saturated rings. The number of rotatable bonds is 6. The lowest BCUT2D eigenvalue weighted by Crippen LogP contribution is -2.28. The van der Waals surface area contributed by atoms with Gasteiger partial charge >= 0.3 is 5.97 Å². The zero-order valence-electron chi connectivity index (χ0n) is 11.8. The number of ether oxygens (including phenoxy) is 1. The van der Waals surface area contributed by atoms with E-state index in [1.54, 1.807) is 24.3 Å². The minimum absolute atomic E-state index is 0.153. The highest BCUT2D eigenvalue weighted by Crippen LogP contribution is 2.63. The first kappa shape index (κ1) is 15.8. The molecule has 3 atom stereocenters. The van der Waals surface area contributed by atoms with E-state index in [4.69, 9.17) is 4.74 Å². The van der Waals surface area contributed by atoms with E-state index in [2.05, 4.69) is 0 Å². The van der Waals surface area contributed by atoms with Crippen LogP contribution in [0.3, 0.4) is 0 Å². The van der Waals surface area contributed by atoms with Gasteiger partial charge in [0.25, 0.3) is 0 Å². The first-order valence-electron chi connectivity index (χ1n) is 6.55. The summed E-state index contributed by atoms with van der Waals surface area (Å²) in [6, 6.07) is 6.57. The molecule has 1 aliphatic rings. The number of carboxylic acid groups (broad SMARTS) is 1. The quantitative estimate of drug-likeness (QED) is 0.800. The van der Waals surface area contributed by atoms with E-state index in [-0.39, 0.29) is 5.75 Å². The fraction of sp³-hybridized carbons (Fsp3) is 0.500. The first-order valence-corrected chi connectivity index (χ1v) is 8.26. The molecule has 0 aromatic heterocycles. The highest BCUT2D eigenvalue weighted by atomic mass is 32.2. The summed E-state index contributed by atoms with van der Waals surface area (Å²) in [5.74, 6) is -1.58. The zero-order chi connectivity index (χ0) is 15.8. The maximum atomic E-state index is 12.1. The summed E-state index contributed by atoms with van der Waals surface area (Å²) in [6.07, 6.45) is 0. The molecular formula is C14H18O6S. The molecule has 0 unspecified atom stereocenters. The highest BCUT2D eigenvalue weighted by Gasteiger charge is 2.75. The Morgan fingerprint density at radius 3 is 2.29 bits per heavy atom. The largest absolute Gasteiger partial charge is 0.497 e. The Labute approximate surface area is 123 Å². The number of hydrogen-bond donors (Lipinski definition) is 2. The van der Waals surface area contributed by atoms with E-state index in [0.29, 0.717) is 11.3 Å². The Morgan fingerprint density at radius 2 is 1.90 bits per heavy atom. The number of hydrogen-bond acceptors (Lipinski definition) is 5. The number of carbonyl (C=O) groups is 1. The van der Waals surface area contributed by atoms with Gasteiger partial charge < -0.3 is 14.9 Å². The molecule has 6 nitrogen and oxygen atoms in total. The molecule has 7 heteroatoms. The first-order chi connectivity index (χ1) is 9.85. The molecule has 1 aromatic rings. The Kier molecular flexibility index (Phi) is 3.99. The molecule has 0 bridgehead atoms. The summed E-state index contributed by atoms with van der Waals surface area (Å²) in [6.45, 7) is 0.769. The Bertz CT molecular complexity index is 636. The lowest BCUT2D eigenvalue weighted by Gasteiger charge is -2.09. The summed E-state index contributed by atoms with van der Waals surface area (Å²) in [5, 5.41) is 17.8. The Balaban J connectivity index is 2.47. The molecule has 1 aromatic carbocycles. The van der Waals surface area contributed by atoms with Crippen LogP contribution in [0.1, 0.15) is 18.4 Å². The number of sulfone groups is 1. The van der Waals surface area contributed by atoms with Crippen LogP contribution in [-0.2, 0) is 14.6 Å². The Hall–Kier alpha value is -1.60. The standard InChI is InChI=1S/C14H18O6S/c1-3-21(18,19)12-11(14(12,8-15)13(16)17)9-4-6-10(20-2)7-5-9/h4-7,11-12,15H,3,8H2,1-2H3,(H,16,17)/t11-,12-,14+/m0/s1. The molecule has 1 saturated carbocycles. The maximum absolute atomic E-state index is 12.1. The van der Waals surface area contributed by atoms with Crippen LogP contribution in [0.15, 0.2) is 24.3 Å². The summed E-state index contributed by atoms with van der Waals surface area (Å²) in [7, 11) is -2.07. The predicted octanol–water partition coefficient (Wildman–Crippen LogP) is 0.659. The molecular weight excluding hydrogens is 296 g/mol. The average molecular weight is 314 g/mol. The third-order valence-electron chi connectivity index (χ3n) is 4.18. The monoisotopic (exact) mass is 314 g/mol. The van der Waals surface area contributed by atoms with Crippen molar-refractivity contribution in [2.45, 2.75) is 18.1 Å². The summed E-state index contributed by atoms with van der Waals surface area (Å²) in [4.78, 5) is 11.5. The normalized spacial score (nSPS) is 28.1. The van der Waals surface area contributed by atoms with Crippen LogP contribution >= 0.6 is 0 Å². The van der Waals surface area contributed by atoms with Crippen molar-refractivity contribution in [3.63, 3.8) is 0 Å². The van der Waals surface area contributed by atoms with Crippen molar-refractivity contribution in [3.05, 3.63) is 29.8 Å². The molecule has 2 rings (SSSR count). The fourth-order valence-corrected chi connectivity index (χ4v) is 4.96.